The van der Waals surface area contributed by atoms with Crippen LogP contribution in [0.15, 0.2) is 0 Å². The Bertz CT molecular complexity index is 285. The molecule has 0 atom stereocenters. The first kappa shape index (κ1) is 22.0. The van der Waals surface area contributed by atoms with Gasteiger partial charge in [-0.2, -0.15) is 0 Å². The molecule has 0 unspecified atom stereocenters. The molecule has 0 aromatic heterocycles. The third-order valence-electron chi connectivity index (χ3n) is 3.92. The van der Waals surface area contributed by atoms with Crippen LogP contribution in [-0.4, -0.2) is 45.2 Å². The maximum Gasteiger partial charge on any atom is 2.00 e. The van der Waals surface area contributed by atoms with Gasteiger partial charge in [-0.05, 0) is 12.3 Å². The van der Waals surface area contributed by atoms with Gasteiger partial charge in [0.05, 0.1) is 0 Å². The molecular formula is C15H30MgO4. The molecule has 5 heteroatoms. The van der Waals surface area contributed by atoms with Gasteiger partial charge in [0.25, 0.3) is 0 Å². The van der Waals surface area contributed by atoms with Crippen LogP contribution >= 0.6 is 0 Å². The molecule has 2 N–H and O–H groups in total. The van der Waals surface area contributed by atoms with Crippen molar-refractivity contribution in [3.63, 3.8) is 0 Å². The molecule has 116 valence electrons. The quantitative estimate of drug-likeness (QED) is 0.346. The number of rotatable bonds is 11. The molecular weight excluding hydrogens is 268 g/mol. The van der Waals surface area contributed by atoms with Gasteiger partial charge in [0.15, 0.2) is 5.41 Å². The van der Waals surface area contributed by atoms with Crippen LogP contribution < -0.4 is 0 Å². The molecule has 4 nitrogen and oxygen atoms in total. The van der Waals surface area contributed by atoms with E-state index >= 15 is 0 Å². The molecule has 0 fully saturated rings. The van der Waals surface area contributed by atoms with E-state index in [0.29, 0.717) is 6.42 Å². The zero-order valence-corrected chi connectivity index (χ0v) is 14.6. The maximum atomic E-state index is 11.3. The second-order valence-electron chi connectivity index (χ2n) is 5.61. The Labute approximate surface area is 141 Å². The summed E-state index contributed by atoms with van der Waals surface area (Å²) in [6, 6.07) is 0. The summed E-state index contributed by atoms with van der Waals surface area (Å²) in [5.74, 6) is -2.82. The number of unbranched alkanes of at least 4 members (excludes halogenated alkanes) is 6. The second kappa shape index (κ2) is 11.4. The van der Waals surface area contributed by atoms with E-state index in [1.807, 2.05) is 0 Å². The van der Waals surface area contributed by atoms with E-state index in [2.05, 4.69) is 6.92 Å². The van der Waals surface area contributed by atoms with Crippen molar-refractivity contribution in [2.75, 3.05) is 0 Å². The third kappa shape index (κ3) is 6.44. The molecule has 0 spiro atoms. The first-order valence-corrected chi connectivity index (χ1v) is 7.36. The zero-order chi connectivity index (χ0) is 14.9. The minimum absolute atomic E-state index is 0. The van der Waals surface area contributed by atoms with Crippen molar-refractivity contribution in [1.82, 2.24) is 0 Å². The van der Waals surface area contributed by atoms with Crippen LogP contribution in [0.4, 0.5) is 0 Å². The number of hydrogen-bond donors (Lipinski definition) is 2. The van der Waals surface area contributed by atoms with E-state index in [9.17, 15) is 19.8 Å². The van der Waals surface area contributed by atoms with Gasteiger partial charge in [0, 0.05) is 0 Å². The molecule has 0 radical (unpaired) electrons. The molecule has 0 amide bonds. The summed E-state index contributed by atoms with van der Waals surface area (Å²) in [6.45, 7) is 5.50. The Kier molecular flexibility index (Phi) is 12.5. The van der Waals surface area contributed by atoms with Crippen molar-refractivity contribution in [3.05, 3.63) is 0 Å². The first-order chi connectivity index (χ1) is 8.89. The van der Waals surface area contributed by atoms with E-state index in [4.69, 9.17) is 0 Å². The average Bonchev–Trinajstić information content (AvgIpc) is 2.31. The normalized spacial score (nSPS) is 11.2. The molecule has 0 bridgehead atoms. The summed E-state index contributed by atoms with van der Waals surface area (Å²) < 4.78 is 0. The largest absolute Gasteiger partial charge is 2.00 e. The van der Waals surface area contributed by atoms with E-state index in [1.165, 1.54) is 19.3 Å². The Balaban J connectivity index is -0.000000540. The smallest absolute Gasteiger partial charge is 1.00 e. The summed E-state index contributed by atoms with van der Waals surface area (Å²) in [4.78, 5) is 22.7. The minimum atomic E-state index is -1.62. The summed E-state index contributed by atoms with van der Waals surface area (Å²) in [6.07, 6.45) is 7.68. The second-order valence-corrected chi connectivity index (χ2v) is 5.61. The fraction of sp³-hybridized carbons (Fsp3) is 0.867. The van der Waals surface area contributed by atoms with Crippen LogP contribution in [-0.2, 0) is 9.59 Å². The molecule has 0 saturated heterocycles. The van der Waals surface area contributed by atoms with Gasteiger partial charge >= 0.3 is 35.0 Å². The van der Waals surface area contributed by atoms with Crippen LogP contribution in [0.5, 0.6) is 0 Å². The Hall–Kier alpha value is -0.294. The molecule has 0 aliphatic rings. The topological polar surface area (TPSA) is 74.6 Å². The van der Waals surface area contributed by atoms with Crippen molar-refractivity contribution in [2.45, 2.75) is 72.1 Å². The zero-order valence-electron chi connectivity index (χ0n) is 15.2. The number of carboxylic acids is 2. The van der Waals surface area contributed by atoms with E-state index in [0.717, 1.165) is 19.3 Å². The molecule has 0 aromatic carbocycles. The molecule has 0 rings (SSSR count). The van der Waals surface area contributed by atoms with Gasteiger partial charge < -0.3 is 13.1 Å². The van der Waals surface area contributed by atoms with Gasteiger partial charge in [-0.15, -0.1) is 0 Å². The van der Waals surface area contributed by atoms with Crippen LogP contribution in [0.25, 0.3) is 0 Å². The first-order valence-electron chi connectivity index (χ1n) is 7.36. The van der Waals surface area contributed by atoms with Crippen molar-refractivity contribution < 1.29 is 22.7 Å². The number of carbonyl (C=O) groups is 2. The van der Waals surface area contributed by atoms with Crippen molar-refractivity contribution in [2.24, 2.45) is 11.3 Å². The maximum absolute atomic E-state index is 11.3. The summed E-state index contributed by atoms with van der Waals surface area (Å²) in [7, 11) is 0. The number of carboxylic acid groups (broad SMARTS) is 2. The fourth-order valence-electron chi connectivity index (χ4n) is 2.45. The van der Waals surface area contributed by atoms with E-state index in [-0.39, 0.29) is 32.3 Å². The van der Waals surface area contributed by atoms with Crippen LogP contribution in [0, 0.1) is 11.3 Å². The number of aliphatic carboxylic acids is 2. The summed E-state index contributed by atoms with van der Waals surface area (Å²) in [5.41, 5.74) is -1.62. The van der Waals surface area contributed by atoms with Crippen molar-refractivity contribution in [3.8, 4) is 0 Å². The predicted molar refractivity (Wildman–Crippen MR) is 83.1 cm³/mol. The molecule has 0 aliphatic carbocycles. The Morgan fingerprint density at radius 3 is 1.70 bits per heavy atom. The van der Waals surface area contributed by atoms with Crippen molar-refractivity contribution in [1.29, 1.82) is 0 Å². The van der Waals surface area contributed by atoms with E-state index < -0.39 is 23.3 Å². The van der Waals surface area contributed by atoms with Crippen LogP contribution in [0.2, 0.25) is 0 Å². The monoisotopic (exact) mass is 298 g/mol. The van der Waals surface area contributed by atoms with Gasteiger partial charge in [0.1, 0.15) is 0 Å². The Morgan fingerprint density at radius 2 is 1.35 bits per heavy atom. The van der Waals surface area contributed by atoms with Gasteiger partial charge in [-0.1, -0.05) is 65.7 Å². The summed E-state index contributed by atoms with van der Waals surface area (Å²) >= 11 is 0. The van der Waals surface area contributed by atoms with Crippen LogP contribution in [0.3, 0.4) is 0 Å². The molecule has 0 aromatic rings. The van der Waals surface area contributed by atoms with Gasteiger partial charge in [-0.3, -0.25) is 9.59 Å². The van der Waals surface area contributed by atoms with Gasteiger partial charge in [0.2, 0.25) is 0 Å². The predicted octanol–water partition coefficient (Wildman–Crippen LogP) is 3.78. The number of hydrogen-bond acceptors (Lipinski definition) is 2. The average molecular weight is 299 g/mol. The van der Waals surface area contributed by atoms with Crippen molar-refractivity contribution >= 4 is 35.0 Å². The standard InChI is InChI=1S/C15H28O4.Mg.2H/c1-4-5-6-7-8-9-10-11-15(12(2)3,13(16)17)14(18)19;;;/h12H,4-11H2,1-3H3,(H,16,17)(H,18,19);;;/q;+2;2*-1. The van der Waals surface area contributed by atoms with Crippen LogP contribution in [0.1, 0.15) is 75.0 Å². The molecule has 0 heterocycles. The molecule has 0 aliphatic heterocycles. The van der Waals surface area contributed by atoms with E-state index in [1.54, 1.807) is 13.8 Å². The third-order valence-corrected chi connectivity index (χ3v) is 3.92. The fourth-order valence-corrected chi connectivity index (χ4v) is 2.45. The Morgan fingerprint density at radius 1 is 0.950 bits per heavy atom. The summed E-state index contributed by atoms with van der Waals surface area (Å²) in [5, 5.41) is 18.5. The molecule has 20 heavy (non-hydrogen) atoms. The minimum Gasteiger partial charge on any atom is -1.00 e. The molecule has 0 saturated carbocycles. The van der Waals surface area contributed by atoms with Gasteiger partial charge in [-0.25, -0.2) is 0 Å². The SMILES string of the molecule is CCCCCCCCCC(C(=O)O)(C(=O)O)C(C)C.[H-].[H-].[Mg+2].